The van der Waals surface area contributed by atoms with E-state index in [1.807, 2.05) is 0 Å². The summed E-state index contributed by atoms with van der Waals surface area (Å²) in [6.07, 6.45) is 4.54. The molecule has 7 heteroatoms. The van der Waals surface area contributed by atoms with Crippen LogP contribution in [0.25, 0.3) is 0 Å². The molecule has 1 unspecified atom stereocenters. The number of ether oxygens (including phenoxy) is 1. The molecule has 0 amide bonds. The zero-order chi connectivity index (χ0) is 13.8. The second kappa shape index (κ2) is 45.6. The van der Waals surface area contributed by atoms with Crippen molar-refractivity contribution in [2.24, 2.45) is 0 Å². The van der Waals surface area contributed by atoms with Crippen molar-refractivity contribution in [2.45, 2.75) is 13.0 Å². The number of hydrogen-bond acceptors (Lipinski definition) is 3. The van der Waals surface area contributed by atoms with Gasteiger partial charge in [0.2, 0.25) is 0 Å². The molecule has 0 aromatic heterocycles. The molecule has 17 heavy (non-hydrogen) atoms. The molecule has 0 aliphatic rings. The molecule has 0 spiro atoms. The Morgan fingerprint density at radius 2 is 1.71 bits per heavy atom. The van der Waals surface area contributed by atoms with Crippen LogP contribution in [-0.2, 0) is 40.6 Å². The summed E-state index contributed by atoms with van der Waals surface area (Å²) in [5, 5.41) is 8.28. The first-order valence-electron chi connectivity index (χ1n) is 3.56. The van der Waals surface area contributed by atoms with Gasteiger partial charge in [0.05, 0.1) is 6.10 Å². The fraction of sp³-hybridized carbons (Fsp3) is 0.300. The van der Waals surface area contributed by atoms with Crippen LogP contribution in [0.4, 0.5) is 0 Å². The molecule has 0 fully saturated rings. The molecule has 1 N–H and O–H groups in total. The maximum atomic E-state index is 9.61. The summed E-state index contributed by atoms with van der Waals surface area (Å²) < 4.78 is 26.9. The number of rotatable bonds is 6. The predicted octanol–water partition coefficient (Wildman–Crippen LogP) is -0.0512. The minimum absolute atomic E-state index is 0. The summed E-state index contributed by atoms with van der Waals surface area (Å²) in [4.78, 5) is 9.61. The van der Waals surface area contributed by atoms with Gasteiger partial charge in [0.1, 0.15) is 0 Å². The molecule has 0 saturated carbocycles. The quantitative estimate of drug-likeness (QED) is 0.319. The van der Waals surface area contributed by atoms with E-state index >= 15 is 0 Å². The van der Waals surface area contributed by atoms with Crippen LogP contribution in [0.1, 0.15) is 6.92 Å². The fourth-order valence-electron chi connectivity index (χ4n) is 0.411. The van der Waals surface area contributed by atoms with Crippen LogP contribution < -0.4 is 0 Å². The van der Waals surface area contributed by atoms with E-state index in [2.05, 4.69) is 24.7 Å². The van der Waals surface area contributed by atoms with Crippen LogP contribution in [0, 0.1) is 39.2 Å². The molecule has 0 aromatic rings. The molecule has 0 bridgehead atoms. The van der Waals surface area contributed by atoms with Crippen molar-refractivity contribution in [3.8, 4) is 0 Å². The van der Waals surface area contributed by atoms with Gasteiger partial charge >= 0.3 is 33.9 Å². The first kappa shape index (κ1) is 29.8. The second-order valence-corrected chi connectivity index (χ2v) is 1.71. The number of aliphatic hydroxyl groups is 1. The van der Waals surface area contributed by atoms with E-state index in [1.54, 1.807) is 26.2 Å². The molecular weight excluding hydrogens is 272 g/mol. The van der Waals surface area contributed by atoms with E-state index in [-0.39, 0.29) is 29.8 Å². The Kier molecular flexibility index (Phi) is 80.1. The van der Waals surface area contributed by atoms with Gasteiger partial charge in [-0.2, -0.15) is 0 Å². The number of carbonyl (C=O) groups excluding carboxylic acids is 1. The minimum atomic E-state index is -0.278. The van der Waals surface area contributed by atoms with Gasteiger partial charge in [-0.3, -0.25) is 0 Å². The summed E-state index contributed by atoms with van der Waals surface area (Å²) in [5.41, 5.74) is 0. The molecule has 3 radical (unpaired) electrons. The van der Waals surface area contributed by atoms with Gasteiger partial charge in [-0.15, -0.1) is 0 Å². The fourth-order valence-corrected chi connectivity index (χ4v) is 0.411. The topological polar surface area (TPSA) is 106 Å². The molecule has 0 aromatic carbocycles. The van der Waals surface area contributed by atoms with Gasteiger partial charge in [-0.1, -0.05) is 6.47 Å². The van der Waals surface area contributed by atoms with E-state index in [4.69, 9.17) is 19.1 Å². The average Bonchev–Trinajstić information content (AvgIpc) is 2.37. The van der Waals surface area contributed by atoms with Crippen LogP contribution in [0.5, 0.6) is 0 Å². The Morgan fingerprint density at radius 3 is 2.00 bits per heavy atom. The third-order valence-electron chi connectivity index (χ3n) is 0.858. The Hall–Kier alpha value is -0.831. The third kappa shape index (κ3) is 51.2. The molecule has 0 heterocycles. The van der Waals surface area contributed by atoms with Crippen LogP contribution in [0.2, 0.25) is 0 Å². The maximum Gasteiger partial charge on any atom is 0 e. The Balaban J connectivity index is -0.0000000594. The molecule has 0 aliphatic carbocycles. The SMILES string of the molecule is CC([CH][CH][CH]CO)O[C-]=O.[C-]#[O+].[C-]#[O+].[C-]#[O+].[Fe]. The predicted molar refractivity (Wildman–Crippen MR) is 48.0 cm³/mol. The number of unbranched alkanes of at least 4 members (excludes halogenated alkanes) is 1. The van der Waals surface area contributed by atoms with Crippen molar-refractivity contribution >= 4 is 6.47 Å². The molecule has 0 aliphatic heterocycles. The maximum absolute atomic E-state index is 9.61. The van der Waals surface area contributed by atoms with Crippen LogP contribution in [0.3, 0.4) is 0 Å². The van der Waals surface area contributed by atoms with Crippen molar-refractivity contribution in [1.82, 2.24) is 0 Å². The van der Waals surface area contributed by atoms with E-state index in [0.29, 0.717) is 0 Å². The van der Waals surface area contributed by atoms with Crippen LogP contribution >= 0.6 is 0 Å². The molecular formula is C10H10FeO6-. The summed E-state index contributed by atoms with van der Waals surface area (Å²) in [6, 6.07) is 0. The smallest absolute Gasteiger partial charge is 0 e. The molecule has 6 nitrogen and oxygen atoms in total. The zero-order valence-corrected chi connectivity index (χ0v) is 9.96. The number of aliphatic hydroxyl groups excluding tert-OH is 1. The first-order valence-corrected chi connectivity index (χ1v) is 3.56. The number of hydrogen-bond donors (Lipinski definition) is 1. The third-order valence-corrected chi connectivity index (χ3v) is 0.858. The summed E-state index contributed by atoms with van der Waals surface area (Å²) >= 11 is 0. The summed E-state index contributed by atoms with van der Waals surface area (Å²) in [6.45, 7) is 16.5. The van der Waals surface area contributed by atoms with E-state index < -0.39 is 0 Å². The largest absolute Gasteiger partial charge is 0 e. The van der Waals surface area contributed by atoms with Gasteiger partial charge in [0.25, 0.3) is 0 Å². The van der Waals surface area contributed by atoms with Crippen LogP contribution in [-0.4, -0.2) is 24.3 Å². The van der Waals surface area contributed by atoms with Gasteiger partial charge < -0.3 is 14.6 Å². The summed E-state index contributed by atoms with van der Waals surface area (Å²) in [5.74, 6) is 0. The zero-order valence-electron chi connectivity index (χ0n) is 8.86. The van der Waals surface area contributed by atoms with E-state index in [9.17, 15) is 4.79 Å². The minimum Gasteiger partial charge on any atom is 0 e. The molecule has 0 rings (SSSR count). The standard InChI is InChI=1S/C7H10O3.3CO.Fe/c1-7(10-6-9)4-2-3-5-8;3*1-2;/h2-4,7-8H,5H2,1H3;;;;/q-1;;;;. The van der Waals surface area contributed by atoms with Crippen molar-refractivity contribution in [1.29, 1.82) is 0 Å². The van der Waals surface area contributed by atoms with Crippen molar-refractivity contribution in [3.05, 3.63) is 39.2 Å². The molecule has 95 valence electrons. The Labute approximate surface area is 111 Å². The van der Waals surface area contributed by atoms with Gasteiger partial charge in [-0.05, 0) is 19.8 Å². The van der Waals surface area contributed by atoms with Gasteiger partial charge in [0, 0.05) is 30.1 Å². The van der Waals surface area contributed by atoms with Crippen molar-refractivity contribution in [3.63, 3.8) is 0 Å². The summed E-state index contributed by atoms with van der Waals surface area (Å²) in [7, 11) is 0. The van der Waals surface area contributed by atoms with Gasteiger partial charge in [-0.25, -0.2) is 0 Å². The average molecular weight is 282 g/mol. The van der Waals surface area contributed by atoms with Crippen LogP contribution in [0.15, 0.2) is 0 Å². The second-order valence-electron chi connectivity index (χ2n) is 1.71. The van der Waals surface area contributed by atoms with E-state index in [0.717, 1.165) is 0 Å². The molecule has 1 atom stereocenters. The Bertz CT molecular complexity index is 163. The normalized spacial score (nSPS) is 7.76. The van der Waals surface area contributed by atoms with Crippen molar-refractivity contribution < 1.29 is 45.7 Å². The van der Waals surface area contributed by atoms with Crippen molar-refractivity contribution in [2.75, 3.05) is 6.61 Å². The van der Waals surface area contributed by atoms with Gasteiger partial charge in [0.15, 0.2) is 0 Å². The van der Waals surface area contributed by atoms with E-state index in [1.165, 1.54) is 6.47 Å². The first-order chi connectivity index (χ1) is 7.81. The Morgan fingerprint density at radius 1 is 1.29 bits per heavy atom. The molecule has 0 saturated heterocycles. The monoisotopic (exact) mass is 282 g/mol.